The summed E-state index contributed by atoms with van der Waals surface area (Å²) in [4.78, 5) is 12.1. The van der Waals surface area contributed by atoms with Crippen molar-refractivity contribution in [1.82, 2.24) is 15.0 Å². The number of H-pyrrole nitrogens is 1. The lowest BCUT2D eigenvalue weighted by Crippen LogP contribution is -1.94. The highest BCUT2D eigenvalue weighted by Crippen LogP contribution is 2.18. The summed E-state index contributed by atoms with van der Waals surface area (Å²) >= 11 is 0. The molecule has 0 saturated heterocycles. The Bertz CT molecular complexity index is 905. The number of pyridine rings is 1. The zero-order chi connectivity index (χ0) is 17.8. The number of aryl methyl sites for hydroxylation is 2. The van der Waals surface area contributed by atoms with Crippen LogP contribution in [-0.2, 0) is 12.8 Å². The van der Waals surface area contributed by atoms with Crippen LogP contribution >= 0.6 is 0 Å². The van der Waals surface area contributed by atoms with Crippen molar-refractivity contribution < 1.29 is 5.11 Å². The number of aliphatic hydroxyl groups is 1. The molecular formula is C21H23N3O. The summed E-state index contributed by atoms with van der Waals surface area (Å²) in [6.45, 7) is 7.99. The van der Waals surface area contributed by atoms with Crippen LogP contribution < -0.4 is 0 Å². The van der Waals surface area contributed by atoms with E-state index in [0.717, 1.165) is 24.2 Å². The van der Waals surface area contributed by atoms with E-state index < -0.39 is 0 Å². The first kappa shape index (κ1) is 17.0. The van der Waals surface area contributed by atoms with Gasteiger partial charge in [-0.1, -0.05) is 50.8 Å². The van der Waals surface area contributed by atoms with Crippen molar-refractivity contribution in [2.24, 2.45) is 0 Å². The second kappa shape index (κ2) is 7.34. The monoisotopic (exact) mass is 333 g/mol. The van der Waals surface area contributed by atoms with Gasteiger partial charge in [0.15, 0.2) is 5.65 Å². The summed E-state index contributed by atoms with van der Waals surface area (Å²) in [6, 6.07) is 10.6. The molecule has 0 aliphatic carbocycles. The van der Waals surface area contributed by atoms with Crippen molar-refractivity contribution in [3.63, 3.8) is 0 Å². The Morgan fingerprint density at radius 3 is 2.68 bits per heavy atom. The van der Waals surface area contributed by atoms with Gasteiger partial charge in [-0.15, -0.1) is 0 Å². The van der Waals surface area contributed by atoms with Gasteiger partial charge in [-0.05, 0) is 35.6 Å². The maximum atomic E-state index is 9.92. The fourth-order valence-electron chi connectivity index (χ4n) is 2.75. The number of nitrogens with zero attached hydrogens (tertiary/aromatic N) is 2. The summed E-state index contributed by atoms with van der Waals surface area (Å²) in [6.07, 6.45) is 6.45. The second-order valence-electron chi connectivity index (χ2n) is 6.46. The Labute approximate surface area is 148 Å². The minimum absolute atomic E-state index is 0.144. The lowest BCUT2D eigenvalue weighted by Gasteiger charge is -2.06. The highest BCUT2D eigenvalue weighted by molar-refractivity contribution is 5.75. The van der Waals surface area contributed by atoms with Crippen molar-refractivity contribution in [2.45, 2.75) is 32.6 Å². The number of rotatable bonds is 6. The Morgan fingerprint density at radius 1 is 1.24 bits per heavy atom. The summed E-state index contributed by atoms with van der Waals surface area (Å²) < 4.78 is 0. The molecule has 0 amide bonds. The normalized spacial score (nSPS) is 12.0. The average Bonchev–Trinajstić information content (AvgIpc) is 3.02. The number of imidazole rings is 1. The number of hydrogen-bond donors (Lipinski definition) is 2. The molecule has 0 unspecified atom stereocenters. The third-order valence-electron chi connectivity index (χ3n) is 4.25. The zero-order valence-corrected chi connectivity index (χ0v) is 14.7. The van der Waals surface area contributed by atoms with Crippen LogP contribution in [0.1, 0.15) is 42.3 Å². The van der Waals surface area contributed by atoms with Gasteiger partial charge in [0.05, 0.1) is 5.52 Å². The molecule has 0 fully saturated rings. The number of nitrogens with one attached hydrogen (secondary N) is 1. The molecule has 25 heavy (non-hydrogen) atoms. The van der Waals surface area contributed by atoms with Gasteiger partial charge in [-0.2, -0.15) is 0 Å². The van der Waals surface area contributed by atoms with E-state index in [-0.39, 0.29) is 5.76 Å². The molecule has 128 valence electrons. The van der Waals surface area contributed by atoms with Crippen molar-refractivity contribution in [3.05, 3.63) is 77.8 Å². The fourth-order valence-corrected chi connectivity index (χ4v) is 2.75. The fraction of sp³-hybridized carbons (Fsp3) is 0.238. The molecule has 0 bridgehead atoms. The predicted octanol–water partition coefficient (Wildman–Crippen LogP) is 4.95. The molecule has 2 N–H and O–H groups in total. The Hall–Kier alpha value is -2.88. The average molecular weight is 333 g/mol. The largest absolute Gasteiger partial charge is 0.507 e. The lowest BCUT2D eigenvalue weighted by atomic mass is 10.0. The van der Waals surface area contributed by atoms with Crippen LogP contribution in [0.2, 0.25) is 0 Å². The summed E-state index contributed by atoms with van der Waals surface area (Å²) in [5.74, 6) is 1.60. The standard InChI is InChI=1S/C21H23N3O/c1-4-5-19(25)17-12-18-21(22-13-17)24-20(23-18)11-8-15-6-9-16(10-7-15)14(2)3/h4-7,9-10,12-14,25H,1,8,11H2,2-3H3,(H,22,23,24)/b19-5-. The second-order valence-corrected chi connectivity index (χ2v) is 6.46. The van der Waals surface area contributed by atoms with Crippen molar-refractivity contribution >= 4 is 16.9 Å². The van der Waals surface area contributed by atoms with Crippen LogP contribution in [-0.4, -0.2) is 20.1 Å². The first-order chi connectivity index (χ1) is 12.1. The number of aromatic amines is 1. The van der Waals surface area contributed by atoms with Crippen LogP contribution in [0, 0.1) is 0 Å². The van der Waals surface area contributed by atoms with E-state index in [1.54, 1.807) is 18.3 Å². The van der Waals surface area contributed by atoms with Crippen molar-refractivity contribution in [2.75, 3.05) is 0 Å². The van der Waals surface area contributed by atoms with Gasteiger partial charge in [-0.3, -0.25) is 0 Å². The molecule has 3 rings (SSSR count). The van der Waals surface area contributed by atoms with Gasteiger partial charge in [0, 0.05) is 18.2 Å². The van der Waals surface area contributed by atoms with E-state index in [1.165, 1.54) is 11.1 Å². The van der Waals surface area contributed by atoms with Crippen LogP contribution in [0.5, 0.6) is 0 Å². The van der Waals surface area contributed by atoms with E-state index >= 15 is 0 Å². The summed E-state index contributed by atoms with van der Waals surface area (Å²) in [5, 5.41) is 9.92. The quantitative estimate of drug-likeness (QED) is 0.495. The van der Waals surface area contributed by atoms with E-state index in [2.05, 4.69) is 59.6 Å². The summed E-state index contributed by atoms with van der Waals surface area (Å²) in [7, 11) is 0. The van der Waals surface area contributed by atoms with Gasteiger partial charge >= 0.3 is 0 Å². The highest BCUT2D eigenvalue weighted by Gasteiger charge is 2.07. The number of aliphatic hydroxyl groups excluding tert-OH is 1. The molecule has 4 nitrogen and oxygen atoms in total. The van der Waals surface area contributed by atoms with E-state index in [4.69, 9.17) is 0 Å². The number of hydrogen-bond acceptors (Lipinski definition) is 3. The minimum atomic E-state index is 0.144. The van der Waals surface area contributed by atoms with E-state index in [0.29, 0.717) is 17.1 Å². The Balaban J connectivity index is 1.73. The van der Waals surface area contributed by atoms with Crippen LogP contribution in [0.25, 0.3) is 16.9 Å². The number of fused-ring (bicyclic) bond motifs is 1. The molecule has 0 atom stereocenters. The van der Waals surface area contributed by atoms with Crippen LogP contribution in [0.15, 0.2) is 55.3 Å². The van der Waals surface area contributed by atoms with Gasteiger partial charge < -0.3 is 10.1 Å². The van der Waals surface area contributed by atoms with Gasteiger partial charge in [0.2, 0.25) is 0 Å². The molecule has 0 aliphatic rings. The highest BCUT2D eigenvalue weighted by atomic mass is 16.3. The van der Waals surface area contributed by atoms with E-state index in [9.17, 15) is 5.11 Å². The third-order valence-corrected chi connectivity index (χ3v) is 4.25. The number of allylic oxidation sites excluding steroid dienone is 2. The predicted molar refractivity (Wildman–Crippen MR) is 103 cm³/mol. The smallest absolute Gasteiger partial charge is 0.177 e. The Kier molecular flexibility index (Phi) is 4.98. The van der Waals surface area contributed by atoms with Crippen molar-refractivity contribution in [1.29, 1.82) is 0 Å². The summed E-state index contributed by atoms with van der Waals surface area (Å²) in [5.41, 5.74) is 4.79. The molecule has 1 aromatic carbocycles. The number of benzene rings is 1. The molecule has 4 heteroatoms. The first-order valence-electron chi connectivity index (χ1n) is 8.52. The minimum Gasteiger partial charge on any atom is -0.507 e. The molecular weight excluding hydrogens is 310 g/mol. The number of aromatic nitrogens is 3. The van der Waals surface area contributed by atoms with Crippen LogP contribution in [0.4, 0.5) is 0 Å². The third kappa shape index (κ3) is 3.97. The maximum absolute atomic E-state index is 9.92. The molecule has 2 heterocycles. The zero-order valence-electron chi connectivity index (χ0n) is 14.7. The maximum Gasteiger partial charge on any atom is 0.177 e. The lowest BCUT2D eigenvalue weighted by molar-refractivity contribution is 0.511. The Morgan fingerprint density at radius 2 is 2.00 bits per heavy atom. The molecule has 2 aromatic heterocycles. The van der Waals surface area contributed by atoms with Crippen LogP contribution in [0.3, 0.4) is 0 Å². The first-order valence-corrected chi connectivity index (χ1v) is 8.52. The topological polar surface area (TPSA) is 61.8 Å². The van der Waals surface area contributed by atoms with Gasteiger partial charge in [0.25, 0.3) is 0 Å². The molecule has 3 aromatic rings. The van der Waals surface area contributed by atoms with Gasteiger partial charge in [-0.25, -0.2) is 9.97 Å². The molecule has 0 aliphatic heterocycles. The van der Waals surface area contributed by atoms with E-state index in [1.807, 2.05) is 6.07 Å². The SMILES string of the molecule is C=C/C=C(\O)c1cnc2nc(CCc3ccc(C(C)C)cc3)[nH]c2c1. The molecule has 0 radical (unpaired) electrons. The van der Waals surface area contributed by atoms with Gasteiger partial charge in [0.1, 0.15) is 11.6 Å². The molecule has 0 saturated carbocycles. The van der Waals surface area contributed by atoms with Crippen molar-refractivity contribution in [3.8, 4) is 0 Å². The molecule has 0 spiro atoms.